The van der Waals surface area contributed by atoms with Gasteiger partial charge in [0.05, 0.1) is 10.6 Å². The predicted molar refractivity (Wildman–Crippen MR) is 59.0 cm³/mol. The standard InChI is InChI=1S/C9H10Br2O2/c1-6(12)5-13-8-4-2-3-7(10)9(8)11/h2-4,6,12H,5H2,1H3. The van der Waals surface area contributed by atoms with Crippen LogP contribution in [0.25, 0.3) is 0 Å². The van der Waals surface area contributed by atoms with E-state index >= 15 is 0 Å². The Labute approximate surface area is 94.2 Å². The fourth-order valence-electron chi connectivity index (χ4n) is 0.806. The van der Waals surface area contributed by atoms with Gasteiger partial charge in [-0.05, 0) is 50.9 Å². The van der Waals surface area contributed by atoms with Crippen molar-refractivity contribution in [3.05, 3.63) is 27.1 Å². The average molecular weight is 310 g/mol. The monoisotopic (exact) mass is 308 g/mol. The van der Waals surface area contributed by atoms with Crippen molar-refractivity contribution in [2.45, 2.75) is 13.0 Å². The van der Waals surface area contributed by atoms with Crippen molar-refractivity contribution in [3.8, 4) is 5.75 Å². The van der Waals surface area contributed by atoms with Gasteiger partial charge in [-0.25, -0.2) is 0 Å². The third kappa shape index (κ3) is 3.29. The largest absolute Gasteiger partial charge is 0.490 e. The molecule has 2 nitrogen and oxygen atoms in total. The van der Waals surface area contributed by atoms with Gasteiger partial charge in [-0.3, -0.25) is 0 Å². The second kappa shape index (κ2) is 4.98. The molecule has 1 atom stereocenters. The zero-order chi connectivity index (χ0) is 9.84. The van der Waals surface area contributed by atoms with Gasteiger partial charge in [0.25, 0.3) is 0 Å². The van der Waals surface area contributed by atoms with Gasteiger partial charge in [0.2, 0.25) is 0 Å². The molecule has 0 fully saturated rings. The minimum absolute atomic E-state index is 0.301. The van der Waals surface area contributed by atoms with E-state index in [9.17, 15) is 0 Å². The maximum Gasteiger partial charge on any atom is 0.134 e. The zero-order valence-electron chi connectivity index (χ0n) is 7.13. The van der Waals surface area contributed by atoms with Crippen molar-refractivity contribution >= 4 is 31.9 Å². The molecular weight excluding hydrogens is 300 g/mol. The van der Waals surface area contributed by atoms with Crippen molar-refractivity contribution in [2.24, 2.45) is 0 Å². The number of benzene rings is 1. The number of rotatable bonds is 3. The fraction of sp³-hybridized carbons (Fsp3) is 0.333. The number of halogens is 2. The van der Waals surface area contributed by atoms with Crippen LogP contribution in [0.5, 0.6) is 5.75 Å². The van der Waals surface area contributed by atoms with Crippen molar-refractivity contribution in [2.75, 3.05) is 6.61 Å². The first-order valence-corrected chi connectivity index (χ1v) is 5.44. The van der Waals surface area contributed by atoms with Crippen LogP contribution in [-0.4, -0.2) is 17.8 Å². The lowest BCUT2D eigenvalue weighted by molar-refractivity contribution is 0.122. The quantitative estimate of drug-likeness (QED) is 0.930. The molecule has 0 aliphatic rings. The van der Waals surface area contributed by atoms with Gasteiger partial charge in [0.1, 0.15) is 12.4 Å². The molecule has 1 unspecified atom stereocenters. The predicted octanol–water partition coefficient (Wildman–Crippen LogP) is 2.97. The van der Waals surface area contributed by atoms with E-state index in [0.717, 1.165) is 14.7 Å². The summed E-state index contributed by atoms with van der Waals surface area (Å²) in [5.74, 6) is 0.732. The van der Waals surface area contributed by atoms with E-state index in [1.54, 1.807) is 6.92 Å². The summed E-state index contributed by atoms with van der Waals surface area (Å²) < 4.78 is 7.16. The Morgan fingerprint density at radius 1 is 1.46 bits per heavy atom. The van der Waals surface area contributed by atoms with Gasteiger partial charge in [-0.1, -0.05) is 6.07 Å². The van der Waals surface area contributed by atoms with Crippen molar-refractivity contribution < 1.29 is 9.84 Å². The Morgan fingerprint density at radius 3 is 2.77 bits per heavy atom. The van der Waals surface area contributed by atoms with E-state index in [0.29, 0.717) is 6.61 Å². The molecule has 1 aromatic rings. The van der Waals surface area contributed by atoms with E-state index in [2.05, 4.69) is 31.9 Å². The molecule has 1 N–H and O–H groups in total. The topological polar surface area (TPSA) is 29.5 Å². The number of aliphatic hydroxyl groups excluding tert-OH is 1. The van der Waals surface area contributed by atoms with Crippen molar-refractivity contribution in [3.63, 3.8) is 0 Å². The Balaban J connectivity index is 2.71. The molecule has 4 heteroatoms. The van der Waals surface area contributed by atoms with Gasteiger partial charge in [-0.2, -0.15) is 0 Å². The Hall–Kier alpha value is -0.0600. The van der Waals surface area contributed by atoms with Crippen LogP contribution in [-0.2, 0) is 0 Å². The van der Waals surface area contributed by atoms with Gasteiger partial charge < -0.3 is 9.84 Å². The van der Waals surface area contributed by atoms with E-state index in [4.69, 9.17) is 9.84 Å². The van der Waals surface area contributed by atoms with E-state index in [1.807, 2.05) is 18.2 Å². The van der Waals surface area contributed by atoms with E-state index in [1.165, 1.54) is 0 Å². The second-order valence-corrected chi connectivity index (χ2v) is 4.36. The van der Waals surface area contributed by atoms with Crippen LogP contribution in [0.4, 0.5) is 0 Å². The lowest BCUT2D eigenvalue weighted by Crippen LogP contribution is -2.12. The van der Waals surface area contributed by atoms with E-state index < -0.39 is 6.10 Å². The summed E-state index contributed by atoms with van der Waals surface area (Å²) in [6, 6.07) is 5.64. The van der Waals surface area contributed by atoms with Crippen LogP contribution in [0.3, 0.4) is 0 Å². The lowest BCUT2D eigenvalue weighted by atomic mass is 10.3. The molecule has 0 aliphatic carbocycles. The summed E-state index contributed by atoms with van der Waals surface area (Å²) in [4.78, 5) is 0. The molecule has 0 bridgehead atoms. The SMILES string of the molecule is CC(O)COc1cccc(Br)c1Br. The number of hydrogen-bond acceptors (Lipinski definition) is 2. The van der Waals surface area contributed by atoms with Gasteiger partial charge in [0, 0.05) is 4.47 Å². The van der Waals surface area contributed by atoms with Crippen LogP contribution in [0.15, 0.2) is 27.1 Å². The molecule has 0 amide bonds. The number of ether oxygens (including phenoxy) is 1. The first kappa shape index (κ1) is 11.0. The highest BCUT2D eigenvalue weighted by molar-refractivity contribution is 9.13. The van der Waals surface area contributed by atoms with Gasteiger partial charge in [-0.15, -0.1) is 0 Å². The Bertz CT molecular complexity index is 287. The highest BCUT2D eigenvalue weighted by Gasteiger charge is 2.05. The smallest absolute Gasteiger partial charge is 0.134 e. The van der Waals surface area contributed by atoms with Crippen LogP contribution < -0.4 is 4.74 Å². The summed E-state index contributed by atoms with van der Waals surface area (Å²) in [5, 5.41) is 9.02. The molecule has 1 rings (SSSR count). The molecular formula is C9H10Br2O2. The first-order chi connectivity index (χ1) is 6.11. The molecule has 0 saturated heterocycles. The highest BCUT2D eigenvalue weighted by atomic mass is 79.9. The third-order valence-corrected chi connectivity index (χ3v) is 3.41. The summed E-state index contributed by atoms with van der Waals surface area (Å²) in [5.41, 5.74) is 0. The first-order valence-electron chi connectivity index (χ1n) is 3.86. The molecule has 0 spiro atoms. The third-order valence-electron chi connectivity index (χ3n) is 1.40. The summed E-state index contributed by atoms with van der Waals surface area (Å²) in [7, 11) is 0. The summed E-state index contributed by atoms with van der Waals surface area (Å²) in [6.45, 7) is 1.99. The Morgan fingerprint density at radius 2 is 2.15 bits per heavy atom. The van der Waals surface area contributed by atoms with Gasteiger partial charge >= 0.3 is 0 Å². The minimum Gasteiger partial charge on any atom is -0.490 e. The van der Waals surface area contributed by atoms with Crippen molar-refractivity contribution in [1.82, 2.24) is 0 Å². The second-order valence-electron chi connectivity index (χ2n) is 2.71. The van der Waals surface area contributed by atoms with Crippen LogP contribution >= 0.6 is 31.9 Å². The van der Waals surface area contributed by atoms with Crippen LogP contribution in [0.1, 0.15) is 6.92 Å². The normalized spacial score (nSPS) is 12.6. The molecule has 1 aromatic carbocycles. The number of aliphatic hydroxyl groups is 1. The Kier molecular flexibility index (Phi) is 4.22. The average Bonchev–Trinajstić information content (AvgIpc) is 2.07. The zero-order valence-corrected chi connectivity index (χ0v) is 10.3. The summed E-state index contributed by atoms with van der Waals surface area (Å²) >= 11 is 6.74. The van der Waals surface area contributed by atoms with Crippen LogP contribution in [0.2, 0.25) is 0 Å². The molecule has 72 valence electrons. The summed E-state index contributed by atoms with van der Waals surface area (Å²) in [6.07, 6.45) is -0.453. The molecule has 0 heterocycles. The molecule has 0 aromatic heterocycles. The molecule has 0 aliphatic heterocycles. The lowest BCUT2D eigenvalue weighted by Gasteiger charge is -2.10. The minimum atomic E-state index is -0.453. The fourth-order valence-corrected chi connectivity index (χ4v) is 1.53. The molecule has 13 heavy (non-hydrogen) atoms. The molecule has 0 saturated carbocycles. The van der Waals surface area contributed by atoms with Crippen LogP contribution in [0, 0.1) is 0 Å². The number of hydrogen-bond donors (Lipinski definition) is 1. The molecule has 0 radical (unpaired) electrons. The maximum absolute atomic E-state index is 9.02. The van der Waals surface area contributed by atoms with E-state index in [-0.39, 0.29) is 0 Å². The highest BCUT2D eigenvalue weighted by Crippen LogP contribution is 2.32. The maximum atomic E-state index is 9.02. The van der Waals surface area contributed by atoms with Gasteiger partial charge in [0.15, 0.2) is 0 Å². The van der Waals surface area contributed by atoms with Crippen molar-refractivity contribution in [1.29, 1.82) is 0 Å².